The monoisotopic (exact) mass is 482 g/mol. The average molecular weight is 483 g/mol. The summed E-state index contributed by atoms with van der Waals surface area (Å²) >= 11 is 1.57. The number of nitrogens with one attached hydrogen (secondary N) is 2. The third-order valence-corrected chi connectivity index (χ3v) is 7.06. The Morgan fingerprint density at radius 2 is 1.77 bits per heavy atom. The summed E-state index contributed by atoms with van der Waals surface area (Å²) in [5, 5.41) is 16.1. The summed E-state index contributed by atoms with van der Waals surface area (Å²) < 4.78 is 5.94. The van der Waals surface area contributed by atoms with Crippen LogP contribution in [0.5, 0.6) is 0 Å². The van der Waals surface area contributed by atoms with E-state index in [1.165, 1.54) is 10.1 Å². The number of nitriles is 1. The van der Waals surface area contributed by atoms with E-state index < -0.39 is 0 Å². The van der Waals surface area contributed by atoms with Gasteiger partial charge in [-0.25, -0.2) is 4.79 Å². The number of hydrogen-bond donors (Lipinski definition) is 2. The maximum Gasteiger partial charge on any atom is 0.323 e. The number of amides is 2. The van der Waals surface area contributed by atoms with Crippen LogP contribution < -0.4 is 15.5 Å². The molecule has 0 unspecified atom stereocenters. The second-order valence-electron chi connectivity index (χ2n) is 8.51. The first kappa shape index (κ1) is 22.8. The van der Waals surface area contributed by atoms with Crippen molar-refractivity contribution in [2.45, 2.75) is 6.42 Å². The Bertz CT molecular complexity index is 1370. The predicted molar refractivity (Wildman–Crippen MR) is 142 cm³/mol. The predicted octanol–water partition coefficient (Wildman–Crippen LogP) is 5.18. The zero-order chi connectivity index (χ0) is 24.0. The molecule has 1 aliphatic heterocycles. The molecule has 3 aromatic carbocycles. The van der Waals surface area contributed by atoms with Crippen molar-refractivity contribution < 1.29 is 4.79 Å². The summed E-state index contributed by atoms with van der Waals surface area (Å²) in [6.07, 6.45) is 0.847. The molecule has 0 spiro atoms. The van der Waals surface area contributed by atoms with Crippen molar-refractivity contribution in [2.75, 3.05) is 48.3 Å². The Labute approximate surface area is 208 Å². The van der Waals surface area contributed by atoms with E-state index in [1.54, 1.807) is 35.8 Å². The molecule has 2 heterocycles. The van der Waals surface area contributed by atoms with Gasteiger partial charge in [0.2, 0.25) is 0 Å². The van der Waals surface area contributed by atoms with Gasteiger partial charge < -0.3 is 15.5 Å². The van der Waals surface area contributed by atoms with Crippen molar-refractivity contribution in [3.05, 3.63) is 83.9 Å². The van der Waals surface area contributed by atoms with Gasteiger partial charge in [0.25, 0.3) is 0 Å². The topological polar surface area (TPSA) is 84.3 Å². The van der Waals surface area contributed by atoms with E-state index in [4.69, 9.17) is 9.64 Å². The van der Waals surface area contributed by atoms with Gasteiger partial charge >= 0.3 is 6.03 Å². The molecule has 1 saturated heterocycles. The molecule has 5 rings (SSSR count). The van der Waals surface area contributed by atoms with Crippen molar-refractivity contribution in [1.29, 1.82) is 5.26 Å². The summed E-state index contributed by atoms with van der Waals surface area (Å²) in [6, 6.07) is 25.0. The number of aromatic nitrogens is 1. The van der Waals surface area contributed by atoms with Crippen molar-refractivity contribution in [2.24, 2.45) is 0 Å². The minimum atomic E-state index is -0.323. The third-order valence-electron chi connectivity index (χ3n) is 6.24. The van der Waals surface area contributed by atoms with Crippen LogP contribution in [0.1, 0.15) is 11.1 Å². The Morgan fingerprint density at radius 3 is 2.63 bits per heavy atom. The third kappa shape index (κ3) is 5.43. The molecule has 1 aliphatic rings. The number of nitrogens with zero attached hydrogens (tertiary/aromatic N) is 4. The number of para-hydroxylation sites is 1. The van der Waals surface area contributed by atoms with Crippen molar-refractivity contribution >= 4 is 44.8 Å². The fraction of sp³-hybridized carbons (Fsp3) is 0.222. The van der Waals surface area contributed by atoms with Gasteiger partial charge in [0.05, 0.1) is 16.3 Å². The van der Waals surface area contributed by atoms with E-state index in [9.17, 15) is 4.79 Å². The number of rotatable bonds is 6. The molecule has 2 amide bonds. The highest BCUT2D eigenvalue weighted by Gasteiger charge is 2.20. The summed E-state index contributed by atoms with van der Waals surface area (Å²) in [6.45, 7) is 4.81. The first-order valence-electron chi connectivity index (χ1n) is 11.7. The Balaban J connectivity index is 1.15. The van der Waals surface area contributed by atoms with Gasteiger partial charge in [-0.3, -0.25) is 4.90 Å². The minimum absolute atomic E-state index is 0.323. The van der Waals surface area contributed by atoms with Crippen LogP contribution in [0.25, 0.3) is 10.1 Å². The van der Waals surface area contributed by atoms with Crippen molar-refractivity contribution in [3.8, 4) is 6.07 Å². The molecule has 2 N–H and O–H groups in total. The second kappa shape index (κ2) is 10.6. The summed E-state index contributed by atoms with van der Waals surface area (Å²) in [4.78, 5) is 17.4. The van der Waals surface area contributed by atoms with Gasteiger partial charge in [0, 0.05) is 49.5 Å². The summed E-state index contributed by atoms with van der Waals surface area (Å²) in [5.41, 5.74) is 2.99. The molecule has 0 saturated carbocycles. The molecule has 0 atom stereocenters. The maximum atomic E-state index is 12.6. The van der Waals surface area contributed by atoms with Gasteiger partial charge in [-0.1, -0.05) is 36.4 Å². The molecule has 0 radical (unpaired) electrons. The second-order valence-corrected chi connectivity index (χ2v) is 9.31. The van der Waals surface area contributed by atoms with Crippen molar-refractivity contribution in [3.63, 3.8) is 0 Å². The van der Waals surface area contributed by atoms with Crippen LogP contribution in [0.15, 0.2) is 72.8 Å². The molecule has 4 aromatic rings. The van der Waals surface area contributed by atoms with Crippen LogP contribution in [0, 0.1) is 11.3 Å². The molecule has 0 bridgehead atoms. The molecule has 0 aliphatic carbocycles. The van der Waals surface area contributed by atoms with Gasteiger partial charge in [-0.2, -0.15) is 9.64 Å². The highest BCUT2D eigenvalue weighted by atomic mass is 32.1. The highest BCUT2D eigenvalue weighted by molar-refractivity contribution is 7.13. The van der Waals surface area contributed by atoms with Crippen LogP contribution in [0.2, 0.25) is 0 Å². The van der Waals surface area contributed by atoms with Crippen LogP contribution in [-0.4, -0.2) is 48.0 Å². The zero-order valence-corrected chi connectivity index (χ0v) is 20.1. The lowest BCUT2D eigenvalue weighted by Gasteiger charge is -2.35. The van der Waals surface area contributed by atoms with Crippen LogP contribution >= 0.6 is 11.5 Å². The van der Waals surface area contributed by atoms with Crippen LogP contribution in [0.4, 0.5) is 22.0 Å². The molecule has 7 nitrogen and oxygen atoms in total. The molecular weight excluding hydrogens is 456 g/mol. The lowest BCUT2D eigenvalue weighted by molar-refractivity contribution is 0.260. The molecule has 176 valence electrons. The quantitative estimate of drug-likeness (QED) is 0.396. The minimum Gasteiger partial charge on any atom is -0.353 e. The van der Waals surface area contributed by atoms with E-state index in [0.717, 1.165) is 56.2 Å². The normalized spacial score (nSPS) is 14.0. The first-order valence-corrected chi connectivity index (χ1v) is 12.4. The van der Waals surface area contributed by atoms with Crippen molar-refractivity contribution in [1.82, 2.24) is 9.27 Å². The van der Waals surface area contributed by atoms with E-state index in [-0.39, 0.29) is 6.03 Å². The van der Waals surface area contributed by atoms with Crippen LogP contribution in [-0.2, 0) is 6.42 Å². The average Bonchev–Trinajstić information content (AvgIpc) is 3.33. The van der Waals surface area contributed by atoms with E-state index >= 15 is 0 Å². The lowest BCUT2D eigenvalue weighted by Crippen LogP contribution is -2.47. The molecule has 1 aromatic heterocycles. The Hall–Kier alpha value is -3.93. The van der Waals surface area contributed by atoms with E-state index in [2.05, 4.69) is 56.8 Å². The van der Waals surface area contributed by atoms with E-state index in [1.807, 2.05) is 18.2 Å². The number of benzene rings is 3. The molecular formula is C27H26N6OS. The smallest absolute Gasteiger partial charge is 0.323 e. The maximum absolute atomic E-state index is 12.6. The summed E-state index contributed by atoms with van der Waals surface area (Å²) in [7, 11) is 0. The molecule has 8 heteroatoms. The van der Waals surface area contributed by atoms with Gasteiger partial charge in [0.1, 0.15) is 5.82 Å². The van der Waals surface area contributed by atoms with E-state index in [0.29, 0.717) is 11.3 Å². The number of urea groups is 1. The van der Waals surface area contributed by atoms with Gasteiger partial charge in [0.15, 0.2) is 0 Å². The van der Waals surface area contributed by atoms with Gasteiger partial charge in [-0.15, -0.1) is 0 Å². The zero-order valence-electron chi connectivity index (χ0n) is 19.3. The summed E-state index contributed by atoms with van der Waals surface area (Å²) in [5.74, 6) is 1.10. The lowest BCUT2D eigenvalue weighted by atomic mass is 10.1. The molecule has 35 heavy (non-hydrogen) atoms. The number of carbonyl (C=O) groups is 1. The highest BCUT2D eigenvalue weighted by Crippen LogP contribution is 2.30. The number of anilines is 3. The Morgan fingerprint density at radius 1 is 0.971 bits per heavy atom. The number of fused-ring (bicyclic) bond motifs is 1. The molecule has 1 fully saturated rings. The van der Waals surface area contributed by atoms with Crippen LogP contribution in [0.3, 0.4) is 0 Å². The fourth-order valence-corrected chi connectivity index (χ4v) is 5.17. The number of piperazine rings is 1. The van der Waals surface area contributed by atoms with Gasteiger partial charge in [-0.05, 0) is 59.9 Å². The SMILES string of the molecule is N#Cc1cccc(NC(=O)Nc2ccccc2CCN2CCN(c3nsc4ccccc34)CC2)c1. The number of carbonyl (C=O) groups excluding carboxylic acids is 1. The Kier molecular flexibility index (Phi) is 6.89. The first-order chi connectivity index (χ1) is 17.2. The fourth-order valence-electron chi connectivity index (χ4n) is 4.37. The number of hydrogen-bond acceptors (Lipinski definition) is 6. The standard InChI is InChI=1S/C27H26N6OS/c28-19-20-6-5-8-22(18-20)29-27(34)30-24-10-3-1-7-21(24)12-13-32-14-16-33(17-15-32)26-23-9-2-4-11-25(23)35-31-26/h1-11,18H,12-17H2,(H2,29,30,34). The largest absolute Gasteiger partial charge is 0.353 e.